The summed E-state index contributed by atoms with van der Waals surface area (Å²) in [6.07, 6.45) is 0. The lowest BCUT2D eigenvalue weighted by atomic mass is 10.0. The molecule has 1 aromatic heterocycles. The molecule has 2 rings (SSSR count). The molecular weight excluding hydrogens is 312 g/mol. The van der Waals surface area contributed by atoms with Crippen molar-refractivity contribution in [2.24, 2.45) is 0 Å². The van der Waals surface area contributed by atoms with Gasteiger partial charge in [-0.1, -0.05) is 22.0 Å². The minimum absolute atomic E-state index is 0.192. The second-order valence-corrected chi connectivity index (χ2v) is 5.83. The molecule has 0 N–H and O–H groups in total. The maximum atomic E-state index is 5.22. The van der Waals surface area contributed by atoms with Crippen molar-refractivity contribution >= 4 is 27.3 Å². The molecule has 1 heterocycles. The molecule has 0 aliphatic heterocycles. The highest BCUT2D eigenvalue weighted by Crippen LogP contribution is 2.38. The van der Waals surface area contributed by atoms with E-state index in [1.807, 2.05) is 11.4 Å². The second-order valence-electron chi connectivity index (χ2n) is 3.97. The Morgan fingerprint density at radius 1 is 1.11 bits per heavy atom. The van der Waals surface area contributed by atoms with Gasteiger partial charge in [0.25, 0.3) is 0 Å². The van der Waals surface area contributed by atoms with Gasteiger partial charge in [-0.2, -0.15) is 0 Å². The van der Waals surface area contributed by atoms with E-state index in [0.29, 0.717) is 0 Å². The molecule has 96 valence electrons. The average molecular weight is 327 g/mol. The number of alkyl halides is 1. The maximum Gasteiger partial charge on any atom is 0.129 e. The molecule has 4 heteroatoms. The van der Waals surface area contributed by atoms with E-state index in [9.17, 15) is 0 Å². The number of hydrogen-bond acceptors (Lipinski definition) is 3. The van der Waals surface area contributed by atoms with Crippen LogP contribution in [0.15, 0.2) is 29.6 Å². The van der Waals surface area contributed by atoms with Crippen LogP contribution in [0.3, 0.4) is 0 Å². The number of aryl methyl sites for hydroxylation is 1. The third-order valence-corrected chi connectivity index (χ3v) is 5.10. The van der Waals surface area contributed by atoms with Crippen molar-refractivity contribution in [1.82, 2.24) is 0 Å². The fourth-order valence-corrected chi connectivity index (χ4v) is 3.60. The molecule has 1 unspecified atom stereocenters. The number of methoxy groups -OCH3 is 2. The van der Waals surface area contributed by atoms with Crippen molar-refractivity contribution in [3.8, 4) is 11.5 Å². The molecule has 18 heavy (non-hydrogen) atoms. The summed E-state index contributed by atoms with van der Waals surface area (Å²) in [6.45, 7) is 2.09. The summed E-state index contributed by atoms with van der Waals surface area (Å²) in [4.78, 5) is 1.43. The van der Waals surface area contributed by atoms with Crippen LogP contribution < -0.4 is 9.47 Å². The molecule has 0 fully saturated rings. The van der Waals surface area contributed by atoms with Gasteiger partial charge in [0.1, 0.15) is 11.5 Å². The van der Waals surface area contributed by atoms with E-state index in [1.165, 1.54) is 16.0 Å². The number of halogens is 1. The topological polar surface area (TPSA) is 18.5 Å². The fraction of sp³-hybridized carbons (Fsp3) is 0.286. The quantitative estimate of drug-likeness (QED) is 0.767. The van der Waals surface area contributed by atoms with Gasteiger partial charge in [0, 0.05) is 10.3 Å². The van der Waals surface area contributed by atoms with Crippen molar-refractivity contribution < 1.29 is 9.47 Å². The molecule has 0 aliphatic carbocycles. The van der Waals surface area contributed by atoms with Gasteiger partial charge in [0.05, 0.1) is 19.0 Å². The van der Waals surface area contributed by atoms with Crippen molar-refractivity contribution in [2.45, 2.75) is 11.8 Å². The van der Waals surface area contributed by atoms with Crippen LogP contribution in [0.5, 0.6) is 11.5 Å². The van der Waals surface area contributed by atoms with Crippen molar-refractivity contribution in [3.05, 3.63) is 45.6 Å². The number of ether oxygens (including phenoxy) is 2. The van der Waals surface area contributed by atoms with Crippen LogP contribution in [0.2, 0.25) is 0 Å². The standard InChI is InChI=1S/C14H15BrO2S/c1-9-6-10(16-2)4-5-12(9)14(15)13-7-11(17-3)8-18-13/h4-8,14H,1-3H3. The monoisotopic (exact) mass is 326 g/mol. The smallest absolute Gasteiger partial charge is 0.129 e. The zero-order chi connectivity index (χ0) is 13.1. The molecule has 0 aliphatic rings. The largest absolute Gasteiger partial charge is 0.497 e. The van der Waals surface area contributed by atoms with Gasteiger partial charge < -0.3 is 9.47 Å². The summed E-state index contributed by atoms with van der Waals surface area (Å²) in [6, 6.07) is 8.20. The molecule has 0 amide bonds. The van der Waals surface area contributed by atoms with Crippen LogP contribution in [0.1, 0.15) is 20.8 Å². The zero-order valence-electron chi connectivity index (χ0n) is 10.6. The van der Waals surface area contributed by atoms with E-state index in [4.69, 9.17) is 9.47 Å². The third kappa shape index (κ3) is 2.70. The molecule has 0 radical (unpaired) electrons. The summed E-state index contributed by atoms with van der Waals surface area (Å²) < 4.78 is 10.4. The minimum atomic E-state index is 0.192. The first-order chi connectivity index (χ1) is 8.65. The lowest BCUT2D eigenvalue weighted by Gasteiger charge is -2.12. The van der Waals surface area contributed by atoms with Gasteiger partial charge >= 0.3 is 0 Å². The van der Waals surface area contributed by atoms with E-state index >= 15 is 0 Å². The van der Waals surface area contributed by atoms with Gasteiger partial charge in [-0.25, -0.2) is 0 Å². The van der Waals surface area contributed by atoms with Gasteiger partial charge in [-0.15, -0.1) is 11.3 Å². The van der Waals surface area contributed by atoms with E-state index in [0.717, 1.165) is 11.5 Å². The summed E-state index contributed by atoms with van der Waals surface area (Å²) >= 11 is 5.44. The Bertz CT molecular complexity index is 536. The van der Waals surface area contributed by atoms with E-state index in [-0.39, 0.29) is 4.83 Å². The van der Waals surface area contributed by atoms with Gasteiger partial charge in [-0.3, -0.25) is 0 Å². The van der Waals surface area contributed by atoms with Crippen LogP contribution in [0, 0.1) is 6.92 Å². The van der Waals surface area contributed by atoms with E-state index in [1.54, 1.807) is 25.6 Å². The Balaban J connectivity index is 2.30. The van der Waals surface area contributed by atoms with Crippen LogP contribution in [0.4, 0.5) is 0 Å². The maximum absolute atomic E-state index is 5.22. The van der Waals surface area contributed by atoms with Gasteiger partial charge in [-0.05, 0) is 36.2 Å². The molecule has 0 spiro atoms. The molecule has 1 atom stereocenters. The Hall–Kier alpha value is -1.00. The molecule has 0 bridgehead atoms. The molecule has 0 saturated heterocycles. The molecule has 2 aromatic rings. The van der Waals surface area contributed by atoms with Crippen molar-refractivity contribution in [2.75, 3.05) is 14.2 Å². The van der Waals surface area contributed by atoms with Crippen molar-refractivity contribution in [1.29, 1.82) is 0 Å². The lowest BCUT2D eigenvalue weighted by Crippen LogP contribution is -1.94. The number of hydrogen-bond donors (Lipinski definition) is 0. The minimum Gasteiger partial charge on any atom is -0.497 e. The number of thiophene rings is 1. The Kier molecular flexibility index (Phi) is 4.30. The Morgan fingerprint density at radius 3 is 2.39 bits per heavy atom. The number of benzene rings is 1. The summed E-state index contributed by atoms with van der Waals surface area (Å²) in [5.74, 6) is 1.80. The molecular formula is C14H15BrO2S. The van der Waals surface area contributed by atoms with Crippen molar-refractivity contribution in [3.63, 3.8) is 0 Å². The zero-order valence-corrected chi connectivity index (χ0v) is 13.0. The first-order valence-electron chi connectivity index (χ1n) is 5.56. The summed E-state index contributed by atoms with van der Waals surface area (Å²) in [7, 11) is 3.37. The lowest BCUT2D eigenvalue weighted by molar-refractivity contribution is 0.414. The van der Waals surface area contributed by atoms with Crippen LogP contribution in [-0.2, 0) is 0 Å². The molecule has 2 nitrogen and oxygen atoms in total. The molecule has 1 aromatic carbocycles. The van der Waals surface area contributed by atoms with Gasteiger partial charge in [0.15, 0.2) is 0 Å². The van der Waals surface area contributed by atoms with E-state index in [2.05, 4.69) is 41.1 Å². The third-order valence-electron chi connectivity index (χ3n) is 2.83. The van der Waals surface area contributed by atoms with Crippen LogP contribution >= 0.6 is 27.3 Å². The van der Waals surface area contributed by atoms with Crippen LogP contribution in [0.25, 0.3) is 0 Å². The second kappa shape index (κ2) is 5.76. The Morgan fingerprint density at radius 2 is 1.83 bits per heavy atom. The highest BCUT2D eigenvalue weighted by molar-refractivity contribution is 9.09. The SMILES string of the molecule is COc1csc(C(Br)c2ccc(OC)cc2C)c1. The summed E-state index contributed by atoms with van der Waals surface area (Å²) in [5, 5.41) is 2.02. The highest BCUT2D eigenvalue weighted by atomic mass is 79.9. The van der Waals surface area contributed by atoms with Crippen LogP contribution in [-0.4, -0.2) is 14.2 Å². The predicted molar refractivity (Wildman–Crippen MR) is 79.4 cm³/mol. The Labute approximate surface area is 120 Å². The fourth-order valence-electron chi connectivity index (χ4n) is 1.79. The first-order valence-corrected chi connectivity index (χ1v) is 7.36. The highest BCUT2D eigenvalue weighted by Gasteiger charge is 2.15. The predicted octanol–water partition coefficient (Wildman–Crippen LogP) is 4.56. The summed E-state index contributed by atoms with van der Waals surface area (Å²) in [5.41, 5.74) is 2.46. The molecule has 0 saturated carbocycles. The number of rotatable bonds is 4. The van der Waals surface area contributed by atoms with E-state index < -0.39 is 0 Å². The van der Waals surface area contributed by atoms with Gasteiger partial charge in [0.2, 0.25) is 0 Å². The normalized spacial score (nSPS) is 12.2. The first kappa shape index (κ1) is 13.4. The average Bonchev–Trinajstić information content (AvgIpc) is 2.86.